The molecule has 4 rings (SSSR count). The molecule has 4 nitrogen and oxygen atoms in total. The van der Waals surface area contributed by atoms with Gasteiger partial charge in [0, 0.05) is 31.7 Å². The predicted molar refractivity (Wildman–Crippen MR) is 116 cm³/mol. The highest BCUT2D eigenvalue weighted by Crippen LogP contribution is 2.29. The van der Waals surface area contributed by atoms with E-state index in [4.69, 9.17) is 4.74 Å². The third-order valence-electron chi connectivity index (χ3n) is 6.44. The van der Waals surface area contributed by atoms with Crippen LogP contribution in [0.1, 0.15) is 43.4 Å². The lowest BCUT2D eigenvalue weighted by Crippen LogP contribution is -2.58. The smallest absolute Gasteiger partial charge is 0.260 e. The lowest BCUT2D eigenvalue weighted by Gasteiger charge is -2.44. The Bertz CT molecular complexity index is 883. The zero-order chi connectivity index (χ0) is 21.1. The van der Waals surface area contributed by atoms with Gasteiger partial charge in [-0.3, -0.25) is 9.69 Å². The summed E-state index contributed by atoms with van der Waals surface area (Å²) in [6, 6.07) is 13.2. The first-order valence-electron chi connectivity index (χ1n) is 11.0. The van der Waals surface area contributed by atoms with E-state index in [9.17, 15) is 9.18 Å². The van der Waals surface area contributed by atoms with E-state index >= 15 is 0 Å². The molecular weight excluding hydrogens is 379 g/mol. The third-order valence-corrected chi connectivity index (χ3v) is 6.44. The van der Waals surface area contributed by atoms with Crippen molar-refractivity contribution < 1.29 is 13.9 Å². The van der Waals surface area contributed by atoms with Gasteiger partial charge in [-0.1, -0.05) is 24.3 Å². The van der Waals surface area contributed by atoms with E-state index in [2.05, 4.69) is 24.8 Å². The number of carbonyl (C=O) groups excluding carboxylic acids is 1. The number of fused-ring (bicyclic) bond motifs is 1. The molecule has 1 aliphatic carbocycles. The van der Waals surface area contributed by atoms with Gasteiger partial charge in [-0.2, -0.15) is 0 Å². The topological polar surface area (TPSA) is 32.8 Å². The summed E-state index contributed by atoms with van der Waals surface area (Å²) in [6.07, 6.45) is 4.55. The molecule has 0 saturated carbocycles. The second-order valence-corrected chi connectivity index (χ2v) is 8.69. The van der Waals surface area contributed by atoms with E-state index in [1.165, 1.54) is 36.1 Å². The molecule has 1 aliphatic heterocycles. The number of carbonyl (C=O) groups is 1. The fourth-order valence-electron chi connectivity index (χ4n) is 4.69. The van der Waals surface area contributed by atoms with Crippen molar-refractivity contribution in [2.45, 2.75) is 58.2 Å². The molecule has 2 aliphatic rings. The summed E-state index contributed by atoms with van der Waals surface area (Å²) in [5, 5.41) is 0. The van der Waals surface area contributed by atoms with Gasteiger partial charge in [0.1, 0.15) is 11.6 Å². The van der Waals surface area contributed by atoms with Gasteiger partial charge < -0.3 is 9.64 Å². The number of piperazine rings is 1. The lowest BCUT2D eigenvalue weighted by molar-refractivity contribution is -0.139. The summed E-state index contributed by atoms with van der Waals surface area (Å²) in [6.45, 7) is 6.56. The summed E-state index contributed by atoms with van der Waals surface area (Å²) in [7, 11) is 0. The Morgan fingerprint density at radius 3 is 2.60 bits per heavy atom. The molecule has 2 aromatic carbocycles. The van der Waals surface area contributed by atoms with Crippen LogP contribution in [0.25, 0.3) is 0 Å². The first kappa shape index (κ1) is 20.9. The van der Waals surface area contributed by atoms with Crippen LogP contribution in [0, 0.1) is 5.82 Å². The molecule has 2 atom stereocenters. The van der Waals surface area contributed by atoms with Gasteiger partial charge >= 0.3 is 0 Å². The van der Waals surface area contributed by atoms with E-state index in [0.717, 1.165) is 37.2 Å². The average molecular weight is 411 g/mol. The standard InChI is InChI=1S/C25H31FN2O2/c1-18-15-28(19(2)14-27(18)16-20-10-12-22(26)13-11-20)25(29)17-30-24-9-5-7-21-6-3-4-8-23(21)24/h5,7,9-13,18-19H,3-4,6,8,14-17H2,1-2H3. The van der Waals surface area contributed by atoms with Crippen LogP contribution in [-0.2, 0) is 24.2 Å². The van der Waals surface area contributed by atoms with Crippen molar-refractivity contribution in [3.8, 4) is 5.75 Å². The van der Waals surface area contributed by atoms with Gasteiger partial charge in [0.15, 0.2) is 6.61 Å². The second-order valence-electron chi connectivity index (χ2n) is 8.69. The average Bonchev–Trinajstić information content (AvgIpc) is 2.76. The highest BCUT2D eigenvalue weighted by Gasteiger charge is 2.32. The Hall–Kier alpha value is -2.40. The molecule has 2 aromatic rings. The van der Waals surface area contributed by atoms with Gasteiger partial charge in [-0.05, 0) is 74.4 Å². The van der Waals surface area contributed by atoms with E-state index < -0.39 is 0 Å². The summed E-state index contributed by atoms with van der Waals surface area (Å²) in [5.74, 6) is 0.704. The van der Waals surface area contributed by atoms with E-state index in [1.54, 1.807) is 0 Å². The van der Waals surface area contributed by atoms with Gasteiger partial charge in [-0.15, -0.1) is 0 Å². The molecule has 0 bridgehead atoms. The minimum Gasteiger partial charge on any atom is -0.483 e. The molecule has 160 valence electrons. The van der Waals surface area contributed by atoms with Crippen molar-refractivity contribution in [1.29, 1.82) is 0 Å². The van der Waals surface area contributed by atoms with Crippen LogP contribution in [0.5, 0.6) is 5.75 Å². The number of amides is 1. The minimum absolute atomic E-state index is 0.0456. The lowest BCUT2D eigenvalue weighted by atomic mass is 9.91. The molecule has 1 heterocycles. The SMILES string of the molecule is CC1CN(C(=O)COc2cccc3c2CCCC3)C(C)CN1Cc1ccc(F)cc1. The number of halogens is 1. The maximum atomic E-state index is 13.2. The van der Waals surface area contributed by atoms with Crippen LogP contribution in [0.2, 0.25) is 0 Å². The predicted octanol–water partition coefficient (Wildman–Crippen LogP) is 4.20. The van der Waals surface area contributed by atoms with Gasteiger partial charge in [0.05, 0.1) is 0 Å². The molecule has 1 amide bonds. The van der Waals surface area contributed by atoms with Crippen LogP contribution < -0.4 is 4.74 Å². The molecule has 0 N–H and O–H groups in total. The van der Waals surface area contributed by atoms with Crippen LogP contribution in [0.3, 0.4) is 0 Å². The Balaban J connectivity index is 1.35. The number of aryl methyl sites for hydroxylation is 1. The van der Waals surface area contributed by atoms with Crippen LogP contribution in [-0.4, -0.2) is 47.5 Å². The highest BCUT2D eigenvalue weighted by molar-refractivity contribution is 5.78. The zero-order valence-corrected chi connectivity index (χ0v) is 17.9. The maximum Gasteiger partial charge on any atom is 0.260 e. The van der Waals surface area contributed by atoms with Crippen molar-refractivity contribution in [2.24, 2.45) is 0 Å². The molecule has 0 aromatic heterocycles. The number of ether oxygens (including phenoxy) is 1. The largest absolute Gasteiger partial charge is 0.483 e. The van der Waals surface area contributed by atoms with E-state index in [-0.39, 0.29) is 30.4 Å². The zero-order valence-electron chi connectivity index (χ0n) is 17.9. The first-order valence-corrected chi connectivity index (χ1v) is 11.0. The normalized spacial score (nSPS) is 21.9. The van der Waals surface area contributed by atoms with Crippen molar-refractivity contribution in [3.63, 3.8) is 0 Å². The maximum absolute atomic E-state index is 13.2. The molecule has 2 unspecified atom stereocenters. The van der Waals surface area contributed by atoms with Crippen molar-refractivity contribution in [1.82, 2.24) is 9.80 Å². The summed E-state index contributed by atoms with van der Waals surface area (Å²) >= 11 is 0. The number of hydrogen-bond acceptors (Lipinski definition) is 3. The monoisotopic (exact) mass is 410 g/mol. The number of nitrogens with zero attached hydrogens (tertiary/aromatic N) is 2. The minimum atomic E-state index is -0.213. The molecular formula is C25H31FN2O2. The number of rotatable bonds is 5. The molecule has 1 saturated heterocycles. The van der Waals surface area contributed by atoms with Gasteiger partial charge in [-0.25, -0.2) is 4.39 Å². The van der Waals surface area contributed by atoms with Crippen LogP contribution in [0.15, 0.2) is 42.5 Å². The summed E-state index contributed by atoms with van der Waals surface area (Å²) in [4.78, 5) is 17.2. The molecule has 0 spiro atoms. The molecule has 30 heavy (non-hydrogen) atoms. The highest BCUT2D eigenvalue weighted by atomic mass is 19.1. The molecule has 1 fully saturated rings. The summed E-state index contributed by atoms with van der Waals surface area (Å²) in [5.41, 5.74) is 3.73. The van der Waals surface area contributed by atoms with Crippen molar-refractivity contribution in [2.75, 3.05) is 19.7 Å². The van der Waals surface area contributed by atoms with Crippen molar-refractivity contribution in [3.05, 3.63) is 65.0 Å². The fourth-order valence-corrected chi connectivity index (χ4v) is 4.69. The third kappa shape index (κ3) is 4.67. The quantitative estimate of drug-likeness (QED) is 0.741. The number of hydrogen-bond donors (Lipinski definition) is 0. The Morgan fingerprint density at radius 1 is 1.03 bits per heavy atom. The Labute approximate surface area is 178 Å². The van der Waals surface area contributed by atoms with Crippen LogP contribution in [0.4, 0.5) is 4.39 Å². The van der Waals surface area contributed by atoms with Gasteiger partial charge in [0.25, 0.3) is 5.91 Å². The van der Waals surface area contributed by atoms with E-state index in [1.807, 2.05) is 29.2 Å². The summed E-state index contributed by atoms with van der Waals surface area (Å²) < 4.78 is 19.2. The first-order chi connectivity index (χ1) is 14.5. The Kier molecular flexibility index (Phi) is 6.38. The van der Waals surface area contributed by atoms with E-state index in [0.29, 0.717) is 6.54 Å². The fraction of sp³-hybridized carbons (Fsp3) is 0.480. The van der Waals surface area contributed by atoms with Crippen LogP contribution >= 0.6 is 0 Å². The van der Waals surface area contributed by atoms with Gasteiger partial charge in [0.2, 0.25) is 0 Å². The molecule has 5 heteroatoms. The number of benzene rings is 2. The Morgan fingerprint density at radius 2 is 1.80 bits per heavy atom. The van der Waals surface area contributed by atoms with Crippen molar-refractivity contribution >= 4 is 5.91 Å². The second kappa shape index (κ2) is 9.17. The molecule has 0 radical (unpaired) electrons.